The Balaban J connectivity index is 1.56. The summed E-state index contributed by atoms with van der Waals surface area (Å²) in [6.07, 6.45) is 1.73. The van der Waals surface area contributed by atoms with Gasteiger partial charge in [0.25, 0.3) is 5.91 Å². The first-order valence-corrected chi connectivity index (χ1v) is 9.74. The van der Waals surface area contributed by atoms with Gasteiger partial charge in [-0.3, -0.25) is 9.78 Å². The Morgan fingerprint density at radius 1 is 0.897 bits per heavy atom. The van der Waals surface area contributed by atoms with E-state index in [0.717, 1.165) is 33.5 Å². The van der Waals surface area contributed by atoms with Gasteiger partial charge in [-0.05, 0) is 67.1 Å². The third-order valence-electron chi connectivity index (χ3n) is 4.56. The number of amides is 1. The van der Waals surface area contributed by atoms with Crippen LogP contribution in [0.2, 0.25) is 10.0 Å². The molecule has 0 atom stereocenters. The molecule has 0 bridgehead atoms. The monoisotopic (exact) mass is 421 g/mol. The Kier molecular flexibility index (Phi) is 5.38. The summed E-state index contributed by atoms with van der Waals surface area (Å²) in [7, 11) is 0. The number of aryl methyl sites for hydroxylation is 1. The summed E-state index contributed by atoms with van der Waals surface area (Å²) in [5, 5.41) is 8.16. The van der Waals surface area contributed by atoms with E-state index in [4.69, 9.17) is 23.2 Å². The van der Waals surface area contributed by atoms with Crippen LogP contribution in [0.3, 0.4) is 0 Å². The number of benzene rings is 3. The van der Waals surface area contributed by atoms with Gasteiger partial charge in [0.15, 0.2) is 0 Å². The first kappa shape index (κ1) is 19.2. The van der Waals surface area contributed by atoms with E-state index in [0.29, 0.717) is 15.6 Å². The van der Waals surface area contributed by atoms with E-state index in [9.17, 15) is 4.79 Å². The zero-order valence-electron chi connectivity index (χ0n) is 15.5. The van der Waals surface area contributed by atoms with Crippen molar-refractivity contribution in [1.82, 2.24) is 4.98 Å². The van der Waals surface area contributed by atoms with Crippen molar-refractivity contribution in [3.05, 3.63) is 94.1 Å². The van der Waals surface area contributed by atoms with Crippen LogP contribution in [0, 0.1) is 6.92 Å². The van der Waals surface area contributed by atoms with Crippen LogP contribution in [0.1, 0.15) is 15.9 Å². The number of hydrogen-bond donors (Lipinski definition) is 2. The molecule has 4 aromatic rings. The minimum Gasteiger partial charge on any atom is -0.355 e. The fourth-order valence-electron chi connectivity index (χ4n) is 2.99. The molecule has 0 aliphatic rings. The second-order valence-electron chi connectivity index (χ2n) is 6.65. The van der Waals surface area contributed by atoms with Gasteiger partial charge in [-0.2, -0.15) is 0 Å². The van der Waals surface area contributed by atoms with E-state index in [-0.39, 0.29) is 5.91 Å². The van der Waals surface area contributed by atoms with E-state index in [1.54, 1.807) is 24.4 Å². The standard InChI is InChI=1S/C23H17Cl2N3O/c1-14-4-6-18(27-17-7-8-19(24)20(25)12-17)13-22(14)28-23(29)16-5-9-21-15(11-16)3-2-10-26-21/h2-13,27H,1H3,(H,28,29). The van der Waals surface area contributed by atoms with Crippen LogP contribution in [0.5, 0.6) is 0 Å². The molecule has 144 valence electrons. The number of rotatable bonds is 4. The highest BCUT2D eigenvalue weighted by molar-refractivity contribution is 6.42. The largest absolute Gasteiger partial charge is 0.355 e. The molecule has 0 aliphatic carbocycles. The molecule has 0 saturated carbocycles. The van der Waals surface area contributed by atoms with Gasteiger partial charge in [-0.1, -0.05) is 35.3 Å². The van der Waals surface area contributed by atoms with Gasteiger partial charge < -0.3 is 10.6 Å². The minimum atomic E-state index is -0.175. The number of nitrogens with zero attached hydrogens (tertiary/aromatic N) is 1. The van der Waals surface area contributed by atoms with Crippen LogP contribution in [-0.4, -0.2) is 10.9 Å². The van der Waals surface area contributed by atoms with E-state index < -0.39 is 0 Å². The summed E-state index contributed by atoms with van der Waals surface area (Å²) in [4.78, 5) is 17.1. The summed E-state index contributed by atoms with van der Waals surface area (Å²) in [6, 6.07) is 20.4. The first-order chi connectivity index (χ1) is 14.0. The van der Waals surface area contributed by atoms with Crippen LogP contribution in [-0.2, 0) is 0 Å². The second kappa shape index (κ2) is 8.11. The van der Waals surface area contributed by atoms with Gasteiger partial charge in [-0.25, -0.2) is 0 Å². The Morgan fingerprint density at radius 3 is 2.52 bits per heavy atom. The number of aromatic nitrogens is 1. The Bertz CT molecular complexity index is 1220. The molecule has 0 spiro atoms. The number of carbonyl (C=O) groups excluding carboxylic acids is 1. The first-order valence-electron chi connectivity index (χ1n) is 8.98. The molecule has 6 heteroatoms. The molecule has 4 rings (SSSR count). The van der Waals surface area contributed by atoms with Gasteiger partial charge in [0.1, 0.15) is 0 Å². The molecule has 0 saturated heterocycles. The van der Waals surface area contributed by atoms with Crippen LogP contribution in [0.15, 0.2) is 72.9 Å². The van der Waals surface area contributed by atoms with Crippen LogP contribution in [0.25, 0.3) is 10.9 Å². The molecule has 1 amide bonds. The van der Waals surface area contributed by atoms with Crippen molar-refractivity contribution in [2.75, 3.05) is 10.6 Å². The number of hydrogen-bond acceptors (Lipinski definition) is 3. The zero-order chi connectivity index (χ0) is 20.4. The highest BCUT2D eigenvalue weighted by atomic mass is 35.5. The lowest BCUT2D eigenvalue weighted by Gasteiger charge is -2.13. The summed E-state index contributed by atoms with van der Waals surface area (Å²) < 4.78 is 0. The molecule has 0 radical (unpaired) electrons. The Labute approximate surface area is 178 Å². The average molecular weight is 422 g/mol. The predicted octanol–water partition coefficient (Wildman–Crippen LogP) is 6.85. The molecule has 0 unspecified atom stereocenters. The topological polar surface area (TPSA) is 54.0 Å². The van der Waals surface area contributed by atoms with Crippen molar-refractivity contribution in [3.8, 4) is 0 Å². The van der Waals surface area contributed by atoms with Crippen molar-refractivity contribution in [2.24, 2.45) is 0 Å². The highest BCUT2D eigenvalue weighted by Crippen LogP contribution is 2.29. The van der Waals surface area contributed by atoms with Crippen LogP contribution < -0.4 is 10.6 Å². The maximum atomic E-state index is 12.8. The van der Waals surface area contributed by atoms with Crippen molar-refractivity contribution in [1.29, 1.82) is 0 Å². The van der Waals surface area contributed by atoms with Gasteiger partial charge in [0, 0.05) is 34.2 Å². The van der Waals surface area contributed by atoms with Crippen molar-refractivity contribution in [3.63, 3.8) is 0 Å². The lowest BCUT2D eigenvalue weighted by Crippen LogP contribution is -2.13. The predicted molar refractivity (Wildman–Crippen MR) is 121 cm³/mol. The number of carbonyl (C=O) groups is 1. The number of anilines is 3. The van der Waals surface area contributed by atoms with Crippen molar-refractivity contribution >= 4 is 57.1 Å². The molecule has 3 aromatic carbocycles. The molecular formula is C23H17Cl2N3O. The summed E-state index contributed by atoms with van der Waals surface area (Å²) in [5.41, 5.74) is 4.75. The third-order valence-corrected chi connectivity index (χ3v) is 5.30. The normalized spacial score (nSPS) is 10.7. The highest BCUT2D eigenvalue weighted by Gasteiger charge is 2.10. The molecule has 2 N–H and O–H groups in total. The van der Waals surface area contributed by atoms with Crippen LogP contribution >= 0.6 is 23.2 Å². The summed E-state index contributed by atoms with van der Waals surface area (Å²) in [6.45, 7) is 1.95. The molecule has 0 aliphatic heterocycles. The molecule has 1 aromatic heterocycles. The Morgan fingerprint density at radius 2 is 1.69 bits per heavy atom. The average Bonchev–Trinajstić information content (AvgIpc) is 2.73. The Hall–Kier alpha value is -3.08. The van der Waals surface area contributed by atoms with E-state index in [1.807, 2.05) is 55.5 Å². The van der Waals surface area contributed by atoms with E-state index in [2.05, 4.69) is 15.6 Å². The van der Waals surface area contributed by atoms with Gasteiger partial charge >= 0.3 is 0 Å². The maximum Gasteiger partial charge on any atom is 0.255 e. The number of fused-ring (bicyclic) bond motifs is 1. The van der Waals surface area contributed by atoms with E-state index >= 15 is 0 Å². The van der Waals surface area contributed by atoms with E-state index in [1.165, 1.54) is 0 Å². The minimum absolute atomic E-state index is 0.175. The SMILES string of the molecule is Cc1ccc(Nc2ccc(Cl)c(Cl)c2)cc1NC(=O)c1ccc2ncccc2c1. The second-order valence-corrected chi connectivity index (χ2v) is 7.46. The fourth-order valence-corrected chi connectivity index (χ4v) is 3.28. The number of pyridine rings is 1. The lowest BCUT2D eigenvalue weighted by molar-refractivity contribution is 0.102. The number of nitrogens with one attached hydrogen (secondary N) is 2. The van der Waals surface area contributed by atoms with Crippen molar-refractivity contribution < 1.29 is 4.79 Å². The van der Waals surface area contributed by atoms with Gasteiger partial charge in [0.2, 0.25) is 0 Å². The molecule has 29 heavy (non-hydrogen) atoms. The molecular weight excluding hydrogens is 405 g/mol. The zero-order valence-corrected chi connectivity index (χ0v) is 17.1. The fraction of sp³-hybridized carbons (Fsp3) is 0.0435. The lowest BCUT2D eigenvalue weighted by atomic mass is 10.1. The molecule has 1 heterocycles. The maximum absolute atomic E-state index is 12.8. The summed E-state index contributed by atoms with van der Waals surface area (Å²) in [5.74, 6) is -0.175. The molecule has 4 nitrogen and oxygen atoms in total. The van der Waals surface area contributed by atoms with Crippen LogP contribution in [0.4, 0.5) is 17.1 Å². The number of halogens is 2. The summed E-state index contributed by atoms with van der Waals surface area (Å²) >= 11 is 12.1. The smallest absolute Gasteiger partial charge is 0.255 e. The van der Waals surface area contributed by atoms with Crippen molar-refractivity contribution in [2.45, 2.75) is 6.92 Å². The molecule has 0 fully saturated rings. The third kappa shape index (κ3) is 4.34. The van der Waals surface area contributed by atoms with Gasteiger partial charge in [0.05, 0.1) is 15.6 Å². The van der Waals surface area contributed by atoms with Gasteiger partial charge in [-0.15, -0.1) is 0 Å². The quantitative estimate of drug-likeness (QED) is 0.378.